The van der Waals surface area contributed by atoms with Crippen LogP contribution in [0.25, 0.3) is 0 Å². The molecule has 7 heteroatoms. The van der Waals surface area contributed by atoms with E-state index in [1.807, 2.05) is 19.0 Å². The van der Waals surface area contributed by atoms with Crippen LogP contribution in [0.15, 0.2) is 0 Å². The van der Waals surface area contributed by atoms with Gasteiger partial charge in [0.25, 0.3) is 5.91 Å². The van der Waals surface area contributed by atoms with Gasteiger partial charge in [-0.15, -0.1) is 10.2 Å². The number of amides is 1. The van der Waals surface area contributed by atoms with Crippen LogP contribution in [-0.4, -0.2) is 59.6 Å². The highest BCUT2D eigenvalue weighted by molar-refractivity contribution is 7.16. The maximum atomic E-state index is 12.3. The molecule has 0 atom stereocenters. The molecular weight excluding hydrogens is 250 g/mol. The van der Waals surface area contributed by atoms with Gasteiger partial charge in [-0.1, -0.05) is 25.2 Å². The summed E-state index contributed by atoms with van der Waals surface area (Å²) < 4.78 is 0. The molecule has 2 N–H and O–H groups in total. The van der Waals surface area contributed by atoms with Gasteiger partial charge < -0.3 is 15.5 Å². The van der Waals surface area contributed by atoms with Gasteiger partial charge in [0.2, 0.25) is 10.1 Å². The highest BCUT2D eigenvalue weighted by Crippen LogP contribution is 2.14. The molecule has 6 nitrogen and oxygen atoms in total. The summed E-state index contributed by atoms with van der Waals surface area (Å²) in [4.78, 5) is 16.1. The number of anilines is 1. The number of likely N-dealkylation sites (N-methyl/N-ethyl adjacent to an activating group) is 1. The standard InChI is InChI=1S/C11H21N5OS/c1-8(2)7-16(6-5-15(3)4)10(17)9-13-14-11(12)18-9/h8H,5-7H2,1-4H3,(H2,12,14). The molecular formula is C11H21N5OS. The smallest absolute Gasteiger partial charge is 0.284 e. The van der Waals surface area contributed by atoms with E-state index in [1.54, 1.807) is 0 Å². The largest absolute Gasteiger partial charge is 0.374 e. The minimum atomic E-state index is -0.0836. The monoisotopic (exact) mass is 271 g/mol. The molecule has 0 saturated heterocycles. The third-order valence-electron chi connectivity index (χ3n) is 2.31. The van der Waals surface area contributed by atoms with E-state index < -0.39 is 0 Å². The second-order valence-electron chi connectivity index (χ2n) is 4.89. The number of rotatable bonds is 6. The van der Waals surface area contributed by atoms with E-state index in [2.05, 4.69) is 28.9 Å². The van der Waals surface area contributed by atoms with E-state index in [0.717, 1.165) is 17.9 Å². The SMILES string of the molecule is CC(C)CN(CCN(C)C)C(=O)c1nnc(N)s1. The molecule has 1 rings (SSSR count). The van der Waals surface area contributed by atoms with Crippen molar-refractivity contribution >= 4 is 22.4 Å². The predicted molar refractivity (Wildman–Crippen MR) is 73.6 cm³/mol. The Morgan fingerprint density at radius 3 is 2.44 bits per heavy atom. The number of nitrogens with two attached hydrogens (primary N) is 1. The molecule has 0 aliphatic carbocycles. The summed E-state index contributed by atoms with van der Waals surface area (Å²) in [7, 11) is 3.97. The normalized spacial score (nSPS) is 11.2. The van der Waals surface area contributed by atoms with Gasteiger partial charge in [0.05, 0.1) is 0 Å². The van der Waals surface area contributed by atoms with Crippen LogP contribution in [0.1, 0.15) is 23.6 Å². The molecule has 1 aromatic rings. The summed E-state index contributed by atoms with van der Waals surface area (Å²) in [5.41, 5.74) is 5.51. The van der Waals surface area contributed by atoms with Crippen LogP contribution in [0.2, 0.25) is 0 Å². The van der Waals surface area contributed by atoms with Gasteiger partial charge in [-0.25, -0.2) is 0 Å². The summed E-state index contributed by atoms with van der Waals surface area (Å²) >= 11 is 1.14. The Morgan fingerprint density at radius 1 is 1.33 bits per heavy atom. The summed E-state index contributed by atoms with van der Waals surface area (Å²) in [6.07, 6.45) is 0. The van der Waals surface area contributed by atoms with Crippen LogP contribution in [0.4, 0.5) is 5.13 Å². The molecule has 18 heavy (non-hydrogen) atoms. The summed E-state index contributed by atoms with van der Waals surface area (Å²) in [5, 5.41) is 8.19. The molecule has 1 heterocycles. The number of carbonyl (C=O) groups is 1. The Bertz CT molecular complexity index is 391. The van der Waals surface area contributed by atoms with Gasteiger partial charge in [0, 0.05) is 19.6 Å². The first-order chi connectivity index (χ1) is 8.40. The Morgan fingerprint density at radius 2 is 2.00 bits per heavy atom. The van der Waals surface area contributed by atoms with Crippen molar-refractivity contribution < 1.29 is 4.79 Å². The molecule has 0 spiro atoms. The highest BCUT2D eigenvalue weighted by Gasteiger charge is 2.20. The molecule has 0 aliphatic heterocycles. The summed E-state index contributed by atoms with van der Waals surface area (Å²) in [6, 6.07) is 0. The first-order valence-corrected chi connectivity index (χ1v) is 6.74. The van der Waals surface area contributed by atoms with Crippen molar-refractivity contribution in [3.63, 3.8) is 0 Å². The maximum absolute atomic E-state index is 12.3. The average molecular weight is 271 g/mol. The number of hydrogen-bond acceptors (Lipinski definition) is 6. The topological polar surface area (TPSA) is 75.3 Å². The first-order valence-electron chi connectivity index (χ1n) is 5.93. The molecule has 1 aromatic heterocycles. The van der Waals surface area contributed by atoms with Crippen molar-refractivity contribution in [2.75, 3.05) is 39.5 Å². The fraction of sp³-hybridized carbons (Fsp3) is 0.727. The van der Waals surface area contributed by atoms with E-state index in [9.17, 15) is 4.79 Å². The molecule has 0 radical (unpaired) electrons. The highest BCUT2D eigenvalue weighted by atomic mass is 32.1. The Balaban J connectivity index is 2.72. The number of carbonyl (C=O) groups excluding carboxylic acids is 1. The molecule has 0 bridgehead atoms. The Labute approximate surface area is 112 Å². The van der Waals surface area contributed by atoms with Gasteiger partial charge in [-0.2, -0.15) is 0 Å². The zero-order valence-corrected chi connectivity index (χ0v) is 12.2. The van der Waals surface area contributed by atoms with Gasteiger partial charge in [0.1, 0.15) is 0 Å². The fourth-order valence-corrected chi connectivity index (χ4v) is 2.07. The molecule has 102 valence electrons. The van der Waals surface area contributed by atoms with E-state index in [1.165, 1.54) is 0 Å². The summed E-state index contributed by atoms with van der Waals surface area (Å²) in [6.45, 7) is 6.40. The first kappa shape index (κ1) is 14.8. The predicted octanol–water partition coefficient (Wildman–Crippen LogP) is 0.780. The maximum Gasteiger partial charge on any atom is 0.284 e. The van der Waals surface area contributed by atoms with Gasteiger partial charge in [-0.3, -0.25) is 4.79 Å². The van der Waals surface area contributed by atoms with Crippen LogP contribution < -0.4 is 5.73 Å². The summed E-state index contributed by atoms with van der Waals surface area (Å²) in [5.74, 6) is 0.334. The lowest BCUT2D eigenvalue weighted by atomic mass is 10.2. The molecule has 0 unspecified atom stereocenters. The number of hydrogen-bond donors (Lipinski definition) is 1. The number of aromatic nitrogens is 2. The molecule has 0 fully saturated rings. The lowest BCUT2D eigenvalue weighted by Gasteiger charge is -2.25. The third kappa shape index (κ3) is 4.58. The molecule has 0 aromatic carbocycles. The van der Waals surface area contributed by atoms with Crippen LogP contribution in [0.3, 0.4) is 0 Å². The van der Waals surface area contributed by atoms with Crippen molar-refractivity contribution in [3.8, 4) is 0 Å². The quantitative estimate of drug-likeness (QED) is 0.827. The van der Waals surface area contributed by atoms with Crippen molar-refractivity contribution in [1.82, 2.24) is 20.0 Å². The van der Waals surface area contributed by atoms with Crippen molar-refractivity contribution in [2.45, 2.75) is 13.8 Å². The van der Waals surface area contributed by atoms with Crippen LogP contribution in [-0.2, 0) is 0 Å². The van der Waals surface area contributed by atoms with Crippen molar-refractivity contribution in [2.24, 2.45) is 5.92 Å². The molecule has 0 saturated carbocycles. The third-order valence-corrected chi connectivity index (χ3v) is 3.05. The number of nitrogen functional groups attached to an aromatic ring is 1. The Hall–Kier alpha value is -1.21. The lowest BCUT2D eigenvalue weighted by Crippen LogP contribution is -2.39. The van der Waals surface area contributed by atoms with Crippen LogP contribution in [0.5, 0.6) is 0 Å². The van der Waals surface area contributed by atoms with E-state index in [-0.39, 0.29) is 5.91 Å². The van der Waals surface area contributed by atoms with Crippen molar-refractivity contribution in [3.05, 3.63) is 5.01 Å². The zero-order valence-electron chi connectivity index (χ0n) is 11.4. The minimum Gasteiger partial charge on any atom is -0.374 e. The zero-order chi connectivity index (χ0) is 13.7. The van der Waals surface area contributed by atoms with Crippen molar-refractivity contribution in [1.29, 1.82) is 0 Å². The van der Waals surface area contributed by atoms with Crippen LogP contribution in [0, 0.1) is 5.92 Å². The minimum absolute atomic E-state index is 0.0836. The Kier molecular flexibility index (Phi) is 5.49. The lowest BCUT2D eigenvalue weighted by molar-refractivity contribution is 0.0723. The van der Waals surface area contributed by atoms with E-state index >= 15 is 0 Å². The van der Waals surface area contributed by atoms with Crippen LogP contribution >= 0.6 is 11.3 Å². The van der Waals surface area contributed by atoms with Gasteiger partial charge >= 0.3 is 0 Å². The second kappa shape index (κ2) is 6.65. The second-order valence-corrected chi connectivity index (χ2v) is 5.90. The van der Waals surface area contributed by atoms with Gasteiger partial charge in [-0.05, 0) is 20.0 Å². The fourth-order valence-electron chi connectivity index (χ4n) is 1.49. The molecule has 1 amide bonds. The van der Waals surface area contributed by atoms with E-state index in [4.69, 9.17) is 5.73 Å². The average Bonchev–Trinajstić information content (AvgIpc) is 2.69. The number of nitrogens with zero attached hydrogens (tertiary/aromatic N) is 4. The molecule has 0 aliphatic rings. The van der Waals surface area contributed by atoms with Gasteiger partial charge in [0.15, 0.2) is 0 Å². The van der Waals surface area contributed by atoms with E-state index in [0.29, 0.717) is 29.1 Å².